The van der Waals surface area contributed by atoms with Crippen LogP contribution in [0, 0.1) is 13.8 Å². The minimum atomic E-state index is -0.130. The lowest BCUT2D eigenvalue weighted by Crippen LogP contribution is -2.28. The van der Waals surface area contributed by atoms with E-state index in [-0.39, 0.29) is 11.8 Å². The van der Waals surface area contributed by atoms with Gasteiger partial charge in [0.2, 0.25) is 0 Å². The number of amides is 1. The van der Waals surface area contributed by atoms with Crippen molar-refractivity contribution in [3.63, 3.8) is 0 Å². The van der Waals surface area contributed by atoms with E-state index in [0.717, 1.165) is 22.5 Å². The first-order valence-corrected chi connectivity index (χ1v) is 10.3. The van der Waals surface area contributed by atoms with Gasteiger partial charge in [-0.05, 0) is 43.5 Å². The van der Waals surface area contributed by atoms with E-state index < -0.39 is 0 Å². The van der Waals surface area contributed by atoms with Gasteiger partial charge in [-0.2, -0.15) is 5.10 Å². The predicted molar refractivity (Wildman–Crippen MR) is 121 cm³/mol. The molecular formula is C24H23ClN4O. The molecule has 30 heavy (non-hydrogen) atoms. The van der Waals surface area contributed by atoms with Gasteiger partial charge in [0, 0.05) is 12.2 Å². The Labute approximate surface area is 180 Å². The first-order chi connectivity index (χ1) is 14.5. The molecule has 0 radical (unpaired) electrons. The number of pyridine rings is 1. The third-order valence-corrected chi connectivity index (χ3v) is 5.52. The topological polar surface area (TPSA) is 59.8 Å². The molecule has 0 saturated carbocycles. The molecule has 0 fully saturated rings. The molecule has 0 aliphatic rings. The minimum absolute atomic E-state index is 0.130. The third-order valence-electron chi connectivity index (χ3n) is 5.20. The van der Waals surface area contributed by atoms with Crippen LogP contribution in [0.4, 0.5) is 0 Å². The van der Waals surface area contributed by atoms with Gasteiger partial charge in [-0.25, -0.2) is 9.67 Å². The molecule has 2 heterocycles. The van der Waals surface area contributed by atoms with Crippen molar-refractivity contribution in [2.45, 2.75) is 26.7 Å². The molecule has 1 unspecified atom stereocenters. The fourth-order valence-corrected chi connectivity index (χ4v) is 3.84. The van der Waals surface area contributed by atoms with Crippen LogP contribution >= 0.6 is 11.6 Å². The van der Waals surface area contributed by atoms with Gasteiger partial charge in [0.25, 0.3) is 5.91 Å². The van der Waals surface area contributed by atoms with Crippen molar-refractivity contribution in [3.8, 4) is 5.69 Å². The summed E-state index contributed by atoms with van der Waals surface area (Å²) in [6.07, 6.45) is 0. The Morgan fingerprint density at radius 2 is 1.80 bits per heavy atom. The maximum atomic E-state index is 13.1. The van der Waals surface area contributed by atoms with E-state index in [1.165, 1.54) is 5.56 Å². The Kier molecular flexibility index (Phi) is 5.55. The first-order valence-electron chi connectivity index (χ1n) is 9.90. The molecule has 1 atom stereocenters. The molecule has 4 aromatic rings. The van der Waals surface area contributed by atoms with Crippen LogP contribution in [0.3, 0.4) is 0 Å². The van der Waals surface area contributed by atoms with Gasteiger partial charge >= 0.3 is 0 Å². The highest BCUT2D eigenvalue weighted by Gasteiger charge is 2.20. The van der Waals surface area contributed by atoms with E-state index in [4.69, 9.17) is 11.6 Å². The van der Waals surface area contributed by atoms with Crippen LogP contribution in [0.15, 0.2) is 60.7 Å². The predicted octanol–water partition coefficient (Wildman–Crippen LogP) is 5.22. The van der Waals surface area contributed by atoms with Gasteiger partial charge < -0.3 is 5.32 Å². The number of benzene rings is 2. The Morgan fingerprint density at radius 1 is 1.10 bits per heavy atom. The second-order valence-electron chi connectivity index (χ2n) is 7.48. The van der Waals surface area contributed by atoms with Gasteiger partial charge in [-0.3, -0.25) is 4.79 Å². The Hall–Kier alpha value is -3.18. The first kappa shape index (κ1) is 20.1. The summed E-state index contributed by atoms with van der Waals surface area (Å²) < 4.78 is 1.71. The average Bonchev–Trinajstić information content (AvgIpc) is 3.08. The lowest BCUT2D eigenvalue weighted by molar-refractivity contribution is 0.0953. The Morgan fingerprint density at radius 3 is 2.53 bits per heavy atom. The number of aryl methyl sites for hydroxylation is 2. The van der Waals surface area contributed by atoms with Crippen molar-refractivity contribution in [1.82, 2.24) is 20.1 Å². The molecular weight excluding hydrogens is 396 g/mol. The fraction of sp³-hybridized carbons (Fsp3) is 0.208. The molecule has 152 valence electrons. The van der Waals surface area contributed by atoms with Gasteiger partial charge in [0.1, 0.15) is 0 Å². The summed E-state index contributed by atoms with van der Waals surface area (Å²) in [6, 6.07) is 19.4. The average molecular weight is 419 g/mol. The molecule has 5 nitrogen and oxygen atoms in total. The standard InChI is InChI=1S/C24H23ClN4O/c1-15(18-9-5-4-6-10-18)14-26-24(30)19-13-16(2)27-23-22(19)17(3)28-29(23)21-12-8-7-11-20(21)25/h4-13,15H,14H2,1-3H3,(H,26,30). The van der Waals surface area contributed by atoms with Gasteiger partial charge in [-0.15, -0.1) is 0 Å². The Balaban J connectivity index is 1.69. The third kappa shape index (κ3) is 3.81. The lowest BCUT2D eigenvalue weighted by Gasteiger charge is -2.14. The van der Waals surface area contributed by atoms with Crippen molar-refractivity contribution in [2.24, 2.45) is 0 Å². The number of aromatic nitrogens is 3. The molecule has 0 spiro atoms. The fourth-order valence-electron chi connectivity index (χ4n) is 3.63. The number of rotatable bonds is 5. The number of hydrogen-bond donors (Lipinski definition) is 1. The number of hydrogen-bond acceptors (Lipinski definition) is 3. The monoisotopic (exact) mass is 418 g/mol. The molecule has 2 aromatic heterocycles. The molecule has 0 aliphatic heterocycles. The zero-order chi connectivity index (χ0) is 21.3. The van der Waals surface area contributed by atoms with Crippen LogP contribution in [0.5, 0.6) is 0 Å². The van der Waals surface area contributed by atoms with Crippen molar-refractivity contribution in [3.05, 3.63) is 88.2 Å². The summed E-state index contributed by atoms with van der Waals surface area (Å²) in [5.74, 6) is 0.0793. The summed E-state index contributed by atoms with van der Waals surface area (Å²) in [7, 11) is 0. The smallest absolute Gasteiger partial charge is 0.252 e. The van der Waals surface area contributed by atoms with E-state index >= 15 is 0 Å². The Bertz CT molecular complexity index is 1220. The lowest BCUT2D eigenvalue weighted by atomic mass is 10.0. The SMILES string of the molecule is Cc1cc(C(=O)NCC(C)c2ccccc2)c2c(C)nn(-c3ccccc3Cl)c2n1. The highest BCUT2D eigenvalue weighted by Crippen LogP contribution is 2.28. The molecule has 0 saturated heterocycles. The number of nitrogens with one attached hydrogen (secondary N) is 1. The zero-order valence-electron chi connectivity index (χ0n) is 17.2. The number of para-hydroxylation sites is 1. The summed E-state index contributed by atoms with van der Waals surface area (Å²) in [6.45, 7) is 6.41. The summed E-state index contributed by atoms with van der Waals surface area (Å²) in [5.41, 5.74) is 4.61. The summed E-state index contributed by atoms with van der Waals surface area (Å²) >= 11 is 6.39. The highest BCUT2D eigenvalue weighted by molar-refractivity contribution is 6.32. The number of nitrogens with zero attached hydrogens (tertiary/aromatic N) is 3. The maximum absolute atomic E-state index is 13.1. The quantitative estimate of drug-likeness (QED) is 0.483. The number of fused-ring (bicyclic) bond motifs is 1. The van der Waals surface area contributed by atoms with E-state index in [2.05, 4.69) is 34.5 Å². The van der Waals surface area contributed by atoms with E-state index in [0.29, 0.717) is 22.8 Å². The molecule has 0 aliphatic carbocycles. The van der Waals surface area contributed by atoms with Gasteiger partial charge in [0.15, 0.2) is 5.65 Å². The van der Waals surface area contributed by atoms with Crippen molar-refractivity contribution in [1.29, 1.82) is 0 Å². The molecule has 4 rings (SSSR count). The van der Waals surface area contributed by atoms with Crippen molar-refractivity contribution < 1.29 is 4.79 Å². The van der Waals surface area contributed by atoms with Crippen LogP contribution in [-0.4, -0.2) is 27.2 Å². The molecule has 2 aromatic carbocycles. The number of halogens is 1. The number of carbonyl (C=O) groups is 1. The normalized spacial score (nSPS) is 12.1. The summed E-state index contributed by atoms with van der Waals surface area (Å²) in [4.78, 5) is 17.8. The van der Waals surface area contributed by atoms with Crippen LogP contribution in [0.1, 0.15) is 40.2 Å². The van der Waals surface area contributed by atoms with Gasteiger partial charge in [0.05, 0.1) is 27.4 Å². The van der Waals surface area contributed by atoms with Gasteiger partial charge in [-0.1, -0.05) is 61.0 Å². The van der Waals surface area contributed by atoms with E-state index in [9.17, 15) is 4.79 Å². The number of carbonyl (C=O) groups excluding carboxylic acids is 1. The second-order valence-corrected chi connectivity index (χ2v) is 7.89. The summed E-state index contributed by atoms with van der Waals surface area (Å²) in [5, 5.41) is 9.03. The van der Waals surface area contributed by atoms with E-state index in [1.807, 2.05) is 62.4 Å². The largest absolute Gasteiger partial charge is 0.351 e. The molecule has 1 amide bonds. The van der Waals surface area contributed by atoms with Crippen LogP contribution in [0.25, 0.3) is 16.7 Å². The molecule has 1 N–H and O–H groups in total. The van der Waals surface area contributed by atoms with Crippen LogP contribution in [-0.2, 0) is 0 Å². The minimum Gasteiger partial charge on any atom is -0.351 e. The highest BCUT2D eigenvalue weighted by atomic mass is 35.5. The van der Waals surface area contributed by atoms with Crippen molar-refractivity contribution in [2.75, 3.05) is 6.54 Å². The molecule has 0 bridgehead atoms. The second kappa shape index (κ2) is 8.28. The van der Waals surface area contributed by atoms with Crippen molar-refractivity contribution >= 4 is 28.5 Å². The van der Waals surface area contributed by atoms with E-state index in [1.54, 1.807) is 4.68 Å². The molecule has 6 heteroatoms. The maximum Gasteiger partial charge on any atom is 0.252 e. The zero-order valence-corrected chi connectivity index (χ0v) is 17.9. The van der Waals surface area contributed by atoms with Crippen LogP contribution in [0.2, 0.25) is 5.02 Å². The van der Waals surface area contributed by atoms with Crippen LogP contribution < -0.4 is 5.32 Å².